The van der Waals surface area contributed by atoms with Crippen LogP contribution >= 0.6 is 0 Å². The van der Waals surface area contributed by atoms with E-state index in [1.54, 1.807) is 0 Å². The molecule has 0 atom stereocenters. The molecule has 1 heterocycles. The highest BCUT2D eigenvalue weighted by atomic mass is 16.1. The Hall–Kier alpha value is -1.15. The summed E-state index contributed by atoms with van der Waals surface area (Å²) in [7, 11) is 2.15. The molecule has 0 aromatic heterocycles. The number of hydrogen-bond acceptors (Lipinski definition) is 2. The minimum Gasteiger partial charge on any atom is -0.304 e. The first-order chi connectivity index (χ1) is 9.96. The van der Waals surface area contributed by atoms with Crippen molar-refractivity contribution in [1.29, 1.82) is 0 Å². The van der Waals surface area contributed by atoms with E-state index in [0.29, 0.717) is 12.2 Å². The summed E-state index contributed by atoms with van der Waals surface area (Å²) in [5.41, 5.74) is 5.18. The first-order valence-electron chi connectivity index (χ1n) is 8.36. The standard InChI is InChI=1S/C20H29NO/c1-18(2,3)13-8-9-14(19(4,5)6)17-16(13)15(22)10-20(17)11-21(7)12-20/h8-9H,10-12H2,1-7H3. The van der Waals surface area contributed by atoms with Gasteiger partial charge in [0, 0.05) is 30.5 Å². The normalized spacial score (nSPS) is 21.1. The van der Waals surface area contributed by atoms with Crippen molar-refractivity contribution < 1.29 is 4.79 Å². The molecule has 2 nitrogen and oxygen atoms in total. The Kier molecular flexibility index (Phi) is 3.18. The molecule has 1 saturated heterocycles. The number of benzene rings is 1. The summed E-state index contributed by atoms with van der Waals surface area (Å²) in [5.74, 6) is 0.360. The van der Waals surface area contributed by atoms with Crippen molar-refractivity contribution in [3.05, 3.63) is 34.4 Å². The van der Waals surface area contributed by atoms with Crippen LogP contribution in [0.2, 0.25) is 0 Å². The number of carbonyl (C=O) groups excluding carboxylic acids is 1. The van der Waals surface area contributed by atoms with Crippen molar-refractivity contribution in [2.45, 2.75) is 64.2 Å². The second-order valence-electron chi connectivity index (χ2n) is 9.46. The van der Waals surface area contributed by atoms with Crippen LogP contribution in [0.1, 0.15) is 75.0 Å². The monoisotopic (exact) mass is 299 g/mol. The summed E-state index contributed by atoms with van der Waals surface area (Å²) >= 11 is 0. The number of likely N-dealkylation sites (N-methyl/N-ethyl adjacent to an activating group) is 1. The van der Waals surface area contributed by atoms with E-state index < -0.39 is 0 Å². The fraction of sp³-hybridized carbons (Fsp3) is 0.650. The van der Waals surface area contributed by atoms with Crippen molar-refractivity contribution in [2.75, 3.05) is 20.1 Å². The molecule has 0 unspecified atom stereocenters. The van der Waals surface area contributed by atoms with Crippen LogP contribution < -0.4 is 0 Å². The number of hydrogen-bond donors (Lipinski definition) is 0. The third-order valence-electron chi connectivity index (χ3n) is 5.27. The van der Waals surface area contributed by atoms with Crippen LogP contribution in [0.4, 0.5) is 0 Å². The van der Waals surface area contributed by atoms with E-state index in [-0.39, 0.29) is 16.2 Å². The lowest BCUT2D eigenvalue weighted by Gasteiger charge is -2.48. The number of ketones is 1. The maximum Gasteiger partial charge on any atom is 0.164 e. The average molecular weight is 299 g/mol. The Morgan fingerprint density at radius 1 is 0.955 bits per heavy atom. The maximum absolute atomic E-state index is 12.9. The topological polar surface area (TPSA) is 20.3 Å². The Morgan fingerprint density at radius 3 is 1.91 bits per heavy atom. The summed E-state index contributed by atoms with van der Waals surface area (Å²) in [6, 6.07) is 4.50. The summed E-state index contributed by atoms with van der Waals surface area (Å²) in [5, 5.41) is 0. The van der Waals surface area contributed by atoms with Crippen LogP contribution in [-0.2, 0) is 16.2 Å². The van der Waals surface area contributed by atoms with E-state index in [1.165, 1.54) is 16.7 Å². The van der Waals surface area contributed by atoms with Crippen molar-refractivity contribution in [1.82, 2.24) is 4.90 Å². The SMILES string of the molecule is CN1CC2(CC(=O)c3c(C(C)(C)C)ccc(C(C)(C)C)c32)C1. The molecule has 1 spiro atoms. The van der Waals surface area contributed by atoms with E-state index in [1.807, 2.05) is 0 Å². The van der Waals surface area contributed by atoms with Gasteiger partial charge in [0.15, 0.2) is 5.78 Å². The van der Waals surface area contributed by atoms with Gasteiger partial charge in [0.05, 0.1) is 0 Å². The molecule has 1 aromatic carbocycles. The van der Waals surface area contributed by atoms with Gasteiger partial charge in [0.1, 0.15) is 0 Å². The Bertz CT molecular complexity index is 637. The third kappa shape index (κ3) is 2.15. The van der Waals surface area contributed by atoms with Gasteiger partial charge in [-0.3, -0.25) is 4.79 Å². The smallest absolute Gasteiger partial charge is 0.164 e. The van der Waals surface area contributed by atoms with Crippen LogP contribution in [-0.4, -0.2) is 30.8 Å². The van der Waals surface area contributed by atoms with Gasteiger partial charge in [0.25, 0.3) is 0 Å². The molecule has 0 radical (unpaired) electrons. The molecule has 120 valence electrons. The van der Waals surface area contributed by atoms with Crippen LogP contribution in [0.25, 0.3) is 0 Å². The molecule has 1 aromatic rings. The molecular formula is C20H29NO. The lowest BCUT2D eigenvalue weighted by atomic mass is 9.68. The van der Waals surface area contributed by atoms with E-state index in [4.69, 9.17) is 0 Å². The molecule has 2 aliphatic rings. The fourth-order valence-corrected chi connectivity index (χ4v) is 4.43. The van der Waals surface area contributed by atoms with Gasteiger partial charge in [-0.15, -0.1) is 0 Å². The predicted octanol–water partition coefficient (Wildman–Crippen LogP) is 4.05. The lowest BCUT2D eigenvalue weighted by molar-refractivity contribution is 0.0760. The highest BCUT2D eigenvalue weighted by molar-refractivity contribution is 6.04. The molecule has 22 heavy (non-hydrogen) atoms. The molecular weight excluding hydrogens is 270 g/mol. The number of rotatable bonds is 0. The van der Waals surface area contributed by atoms with E-state index >= 15 is 0 Å². The molecule has 0 bridgehead atoms. The zero-order chi connectivity index (χ0) is 16.5. The lowest BCUT2D eigenvalue weighted by Crippen LogP contribution is -2.57. The molecule has 0 amide bonds. The molecule has 0 N–H and O–H groups in total. The van der Waals surface area contributed by atoms with Gasteiger partial charge >= 0.3 is 0 Å². The minimum absolute atomic E-state index is 0.0112. The molecule has 1 aliphatic heterocycles. The number of fused-ring (bicyclic) bond motifs is 2. The summed E-state index contributed by atoms with van der Waals surface area (Å²) < 4.78 is 0. The van der Waals surface area contributed by atoms with Gasteiger partial charge < -0.3 is 4.90 Å². The van der Waals surface area contributed by atoms with Crippen LogP contribution in [0.5, 0.6) is 0 Å². The minimum atomic E-state index is 0.0112. The van der Waals surface area contributed by atoms with Crippen LogP contribution in [0, 0.1) is 0 Å². The van der Waals surface area contributed by atoms with Gasteiger partial charge in [-0.2, -0.15) is 0 Å². The highest BCUT2D eigenvalue weighted by Crippen LogP contribution is 2.51. The average Bonchev–Trinajstić information content (AvgIpc) is 2.60. The zero-order valence-corrected chi connectivity index (χ0v) is 15.1. The third-order valence-corrected chi connectivity index (χ3v) is 5.27. The maximum atomic E-state index is 12.9. The molecule has 1 fully saturated rings. The van der Waals surface area contributed by atoms with Gasteiger partial charge in [-0.05, 0) is 34.6 Å². The van der Waals surface area contributed by atoms with Gasteiger partial charge in [0.2, 0.25) is 0 Å². The zero-order valence-electron chi connectivity index (χ0n) is 15.1. The largest absolute Gasteiger partial charge is 0.304 e. The second kappa shape index (κ2) is 4.44. The van der Waals surface area contributed by atoms with Crippen molar-refractivity contribution in [3.63, 3.8) is 0 Å². The number of carbonyl (C=O) groups is 1. The number of nitrogens with zero attached hydrogens (tertiary/aromatic N) is 1. The van der Waals surface area contributed by atoms with E-state index in [9.17, 15) is 4.79 Å². The van der Waals surface area contributed by atoms with Gasteiger partial charge in [-0.25, -0.2) is 0 Å². The second-order valence-corrected chi connectivity index (χ2v) is 9.46. The first kappa shape index (κ1) is 15.7. The first-order valence-corrected chi connectivity index (χ1v) is 8.36. The predicted molar refractivity (Wildman–Crippen MR) is 92.0 cm³/mol. The van der Waals surface area contributed by atoms with Crippen LogP contribution in [0.3, 0.4) is 0 Å². The molecule has 0 saturated carbocycles. The van der Waals surface area contributed by atoms with Crippen molar-refractivity contribution in [3.8, 4) is 0 Å². The van der Waals surface area contributed by atoms with Crippen molar-refractivity contribution >= 4 is 5.78 Å². The fourth-order valence-electron chi connectivity index (χ4n) is 4.43. The van der Waals surface area contributed by atoms with E-state index in [2.05, 4.69) is 65.6 Å². The summed E-state index contributed by atoms with van der Waals surface area (Å²) in [4.78, 5) is 15.2. The quantitative estimate of drug-likeness (QED) is 0.720. The molecule has 2 heteroatoms. The number of likely N-dealkylation sites (tertiary alicyclic amines) is 1. The highest BCUT2D eigenvalue weighted by Gasteiger charge is 2.53. The van der Waals surface area contributed by atoms with E-state index in [0.717, 1.165) is 18.7 Å². The van der Waals surface area contributed by atoms with Crippen molar-refractivity contribution in [2.24, 2.45) is 0 Å². The Balaban J connectivity index is 2.30. The van der Waals surface area contributed by atoms with Gasteiger partial charge in [-0.1, -0.05) is 53.7 Å². The molecule has 1 aliphatic carbocycles. The van der Waals surface area contributed by atoms with Crippen LogP contribution in [0.15, 0.2) is 12.1 Å². The Morgan fingerprint density at radius 2 is 1.45 bits per heavy atom. The molecule has 3 rings (SSSR count). The summed E-state index contributed by atoms with van der Waals surface area (Å²) in [6.07, 6.45) is 0.697. The Labute approximate surface area is 134 Å². The number of Topliss-reactive ketones (excluding diaryl/α,β-unsaturated/α-hetero) is 1. The summed E-state index contributed by atoms with van der Waals surface area (Å²) in [6.45, 7) is 15.5.